The molecule has 0 saturated carbocycles. The monoisotopic (exact) mass is 324 g/mol. The molecule has 2 heterocycles. The van der Waals surface area contributed by atoms with Gasteiger partial charge in [-0.3, -0.25) is 4.79 Å². The minimum atomic E-state index is -1.83. The molecule has 126 valence electrons. The van der Waals surface area contributed by atoms with Crippen molar-refractivity contribution in [1.29, 1.82) is 0 Å². The Morgan fingerprint density at radius 2 is 1.73 bits per heavy atom. The van der Waals surface area contributed by atoms with Crippen molar-refractivity contribution >= 4 is 14.1 Å². The fourth-order valence-electron chi connectivity index (χ4n) is 4.59. The van der Waals surface area contributed by atoms with Crippen LogP contribution in [-0.2, 0) is 14.0 Å². The van der Waals surface area contributed by atoms with Gasteiger partial charge in [-0.05, 0) is 23.0 Å². The van der Waals surface area contributed by atoms with Crippen LogP contribution >= 0.6 is 0 Å². The molecule has 4 heteroatoms. The summed E-state index contributed by atoms with van der Waals surface area (Å²) in [6, 6.07) is 0. The molecule has 3 atom stereocenters. The lowest BCUT2D eigenvalue weighted by molar-refractivity contribution is -0.137. The summed E-state index contributed by atoms with van der Waals surface area (Å²) in [5.74, 6) is 0.342. The van der Waals surface area contributed by atoms with Crippen molar-refractivity contribution in [3.05, 3.63) is 12.2 Å². The van der Waals surface area contributed by atoms with E-state index in [1.807, 2.05) is 6.08 Å². The predicted molar refractivity (Wildman–Crippen MR) is 92.5 cm³/mol. The van der Waals surface area contributed by atoms with E-state index >= 15 is 0 Å². The number of fused-ring (bicyclic) bond motifs is 2. The Balaban J connectivity index is 1.98. The normalized spacial score (nSPS) is 28.4. The first-order valence-electron chi connectivity index (χ1n) is 8.79. The first kappa shape index (κ1) is 17.9. The van der Waals surface area contributed by atoms with Gasteiger partial charge in [0.25, 0.3) is 0 Å². The van der Waals surface area contributed by atoms with E-state index in [1.165, 1.54) is 0 Å². The highest BCUT2D eigenvalue weighted by Crippen LogP contribution is 2.42. The van der Waals surface area contributed by atoms with Crippen molar-refractivity contribution in [1.82, 2.24) is 0 Å². The van der Waals surface area contributed by atoms with Crippen LogP contribution in [0.5, 0.6) is 0 Å². The van der Waals surface area contributed by atoms with Gasteiger partial charge >= 0.3 is 0 Å². The van der Waals surface area contributed by atoms with Crippen molar-refractivity contribution in [2.24, 2.45) is 5.92 Å². The van der Waals surface area contributed by atoms with Crippen LogP contribution in [0.15, 0.2) is 12.2 Å². The zero-order chi connectivity index (χ0) is 16.5. The van der Waals surface area contributed by atoms with Gasteiger partial charge in [0.1, 0.15) is 5.78 Å². The molecule has 0 aromatic rings. The largest absolute Gasteiger partial charge is 0.416 e. The number of ether oxygens (including phenoxy) is 1. The molecule has 22 heavy (non-hydrogen) atoms. The van der Waals surface area contributed by atoms with Crippen LogP contribution in [0, 0.1) is 5.92 Å². The highest BCUT2D eigenvalue weighted by atomic mass is 28.4. The summed E-state index contributed by atoms with van der Waals surface area (Å²) in [6.07, 6.45) is 5.46. The molecule has 0 radical (unpaired) electrons. The minimum absolute atomic E-state index is 0.00631. The fourth-order valence-corrected chi connectivity index (χ4v) is 10.1. The van der Waals surface area contributed by atoms with Gasteiger partial charge in [0.15, 0.2) is 8.32 Å². The average Bonchev–Trinajstić information content (AvgIpc) is 2.79. The molecule has 0 spiro atoms. The van der Waals surface area contributed by atoms with Crippen LogP contribution in [0.1, 0.15) is 54.4 Å². The second kappa shape index (κ2) is 6.98. The summed E-state index contributed by atoms with van der Waals surface area (Å²) in [5.41, 5.74) is 1.75. The Labute approximate surface area is 136 Å². The lowest BCUT2D eigenvalue weighted by atomic mass is 9.91. The Kier molecular flexibility index (Phi) is 5.67. The van der Waals surface area contributed by atoms with Crippen LogP contribution in [0.4, 0.5) is 0 Å². The summed E-state index contributed by atoms with van der Waals surface area (Å²) in [6.45, 7) is 14.5. The van der Waals surface area contributed by atoms with E-state index in [-0.39, 0.29) is 18.1 Å². The van der Waals surface area contributed by atoms with Crippen molar-refractivity contribution in [3.8, 4) is 0 Å². The van der Waals surface area contributed by atoms with Gasteiger partial charge in [-0.1, -0.05) is 53.7 Å². The van der Waals surface area contributed by atoms with Crippen molar-refractivity contribution in [2.45, 2.75) is 83.2 Å². The van der Waals surface area contributed by atoms with Crippen LogP contribution in [0.25, 0.3) is 0 Å². The second-order valence-electron chi connectivity index (χ2n) is 7.76. The van der Waals surface area contributed by atoms with E-state index in [9.17, 15) is 4.79 Å². The van der Waals surface area contributed by atoms with Crippen LogP contribution in [0.3, 0.4) is 0 Å². The van der Waals surface area contributed by atoms with Crippen molar-refractivity contribution in [3.63, 3.8) is 0 Å². The number of hydrogen-bond acceptors (Lipinski definition) is 3. The van der Waals surface area contributed by atoms with Gasteiger partial charge in [-0.25, -0.2) is 0 Å². The molecular weight excluding hydrogens is 292 g/mol. The van der Waals surface area contributed by atoms with Gasteiger partial charge in [0.05, 0.1) is 12.2 Å². The predicted octanol–water partition coefficient (Wildman–Crippen LogP) is 4.48. The van der Waals surface area contributed by atoms with Crippen molar-refractivity contribution in [2.75, 3.05) is 6.61 Å². The van der Waals surface area contributed by atoms with Gasteiger partial charge in [0, 0.05) is 18.9 Å². The number of rotatable bonds is 7. The standard InChI is InChI=1S/C18H32O3Si/c1-12(2)22(13(3)4,14(5)6)20-10-9-16-17(19)11-15-7-8-18(16)21-15/h7-8,12-16,18H,9-11H2,1-6H3/t15-,16+,18+/m1/s1. The number of carbonyl (C=O) groups excluding carboxylic acids is 1. The third-order valence-corrected chi connectivity index (χ3v) is 11.7. The molecule has 0 amide bonds. The maximum absolute atomic E-state index is 12.2. The molecule has 1 saturated heterocycles. The number of carbonyl (C=O) groups is 1. The molecule has 0 aromatic carbocycles. The molecule has 1 fully saturated rings. The highest BCUT2D eigenvalue weighted by molar-refractivity contribution is 6.77. The summed E-state index contributed by atoms with van der Waals surface area (Å²) in [4.78, 5) is 12.2. The second-order valence-corrected chi connectivity index (χ2v) is 13.2. The molecule has 2 bridgehead atoms. The first-order chi connectivity index (χ1) is 10.3. The van der Waals surface area contributed by atoms with Crippen LogP contribution < -0.4 is 0 Å². The zero-order valence-electron chi connectivity index (χ0n) is 15.0. The molecule has 0 aromatic heterocycles. The lowest BCUT2D eigenvalue weighted by Crippen LogP contribution is -2.48. The van der Waals surface area contributed by atoms with Crippen LogP contribution in [0.2, 0.25) is 16.6 Å². The molecule has 2 aliphatic rings. The maximum Gasteiger partial charge on any atom is 0.200 e. The lowest BCUT2D eigenvalue weighted by Gasteiger charge is -2.42. The van der Waals surface area contributed by atoms with Crippen LogP contribution in [-0.4, -0.2) is 32.9 Å². The van der Waals surface area contributed by atoms with E-state index in [4.69, 9.17) is 9.16 Å². The first-order valence-corrected chi connectivity index (χ1v) is 10.9. The third-order valence-electron chi connectivity index (χ3n) is 5.55. The molecular formula is C18H32O3Si. The molecule has 3 nitrogen and oxygen atoms in total. The van der Waals surface area contributed by atoms with E-state index in [1.54, 1.807) is 0 Å². The van der Waals surface area contributed by atoms with E-state index in [2.05, 4.69) is 47.6 Å². The molecule has 2 aliphatic heterocycles. The van der Waals surface area contributed by atoms with Crippen molar-refractivity contribution < 1.29 is 14.0 Å². The van der Waals surface area contributed by atoms with E-state index in [0.29, 0.717) is 35.4 Å². The molecule has 0 unspecified atom stereocenters. The number of hydrogen-bond donors (Lipinski definition) is 0. The SMILES string of the molecule is CC(C)[Si](OCC[C@H]1C(=O)C[C@H]2C=C[C@@H]1O2)(C(C)C)C(C)C. The van der Waals surface area contributed by atoms with Gasteiger partial charge in [-0.15, -0.1) is 0 Å². The number of Topliss-reactive ketones (excluding diaryl/α,β-unsaturated/α-hetero) is 1. The fraction of sp³-hybridized carbons (Fsp3) is 0.833. The molecule has 0 aliphatic carbocycles. The van der Waals surface area contributed by atoms with Gasteiger partial charge in [0.2, 0.25) is 0 Å². The smallest absolute Gasteiger partial charge is 0.200 e. The minimum Gasteiger partial charge on any atom is -0.416 e. The quantitative estimate of drug-likeness (QED) is 0.511. The summed E-state index contributed by atoms with van der Waals surface area (Å²) in [7, 11) is -1.83. The third kappa shape index (κ3) is 3.24. The van der Waals surface area contributed by atoms with Gasteiger partial charge < -0.3 is 9.16 Å². The van der Waals surface area contributed by atoms with E-state index < -0.39 is 8.32 Å². The maximum atomic E-state index is 12.2. The highest BCUT2D eigenvalue weighted by Gasteiger charge is 2.45. The topological polar surface area (TPSA) is 35.5 Å². The molecule has 2 rings (SSSR count). The Morgan fingerprint density at radius 1 is 1.14 bits per heavy atom. The summed E-state index contributed by atoms with van der Waals surface area (Å²) >= 11 is 0. The number of ketones is 1. The molecule has 0 N–H and O–H groups in total. The summed E-state index contributed by atoms with van der Waals surface area (Å²) < 4.78 is 12.4. The Bertz CT molecular complexity index is 406. The average molecular weight is 325 g/mol. The van der Waals surface area contributed by atoms with Gasteiger partial charge in [-0.2, -0.15) is 0 Å². The Morgan fingerprint density at radius 3 is 2.27 bits per heavy atom. The van der Waals surface area contributed by atoms with E-state index in [0.717, 1.165) is 6.42 Å². The zero-order valence-corrected chi connectivity index (χ0v) is 16.0. The summed E-state index contributed by atoms with van der Waals surface area (Å²) in [5, 5.41) is 0. The Hall–Kier alpha value is -0.453.